The number of rotatable bonds is 6. The third-order valence-corrected chi connectivity index (χ3v) is 3.10. The first-order valence-corrected chi connectivity index (χ1v) is 6.99. The molecule has 3 N–H and O–H groups in total. The molecule has 0 radical (unpaired) electrons. The highest BCUT2D eigenvalue weighted by Gasteiger charge is 2.09. The number of carbonyl (C=O) groups is 2. The molecule has 0 saturated heterocycles. The van der Waals surface area contributed by atoms with Crippen molar-refractivity contribution < 1.29 is 19.8 Å². The first-order chi connectivity index (χ1) is 11.1. The van der Waals surface area contributed by atoms with Crippen LogP contribution in [0.1, 0.15) is 28.8 Å². The van der Waals surface area contributed by atoms with Gasteiger partial charge in [0.15, 0.2) is 0 Å². The molecule has 1 amide bonds. The zero-order chi connectivity index (χ0) is 16.7. The lowest BCUT2D eigenvalue weighted by Crippen LogP contribution is -2.20. The molecule has 0 aliphatic carbocycles. The Morgan fingerprint density at radius 2 is 1.57 bits per heavy atom. The first kappa shape index (κ1) is 16.2. The summed E-state index contributed by atoms with van der Waals surface area (Å²) in [4.78, 5) is 22.8. The molecule has 6 nitrogen and oxygen atoms in total. The highest BCUT2D eigenvalue weighted by Crippen LogP contribution is 2.10. The summed E-state index contributed by atoms with van der Waals surface area (Å²) < 4.78 is 0. The van der Waals surface area contributed by atoms with Crippen molar-refractivity contribution in [3.8, 4) is 5.75 Å². The molecule has 0 unspecified atom stereocenters. The maximum absolute atomic E-state index is 12.0. The summed E-state index contributed by atoms with van der Waals surface area (Å²) in [5.41, 5.74) is 4.00. The zero-order valence-electron chi connectivity index (χ0n) is 12.3. The van der Waals surface area contributed by atoms with Gasteiger partial charge in [0.25, 0.3) is 5.91 Å². The molecule has 0 spiro atoms. The maximum Gasteiger partial charge on any atom is 0.303 e. The summed E-state index contributed by atoms with van der Waals surface area (Å²) in [6.07, 6.45) is 0.123. The van der Waals surface area contributed by atoms with Gasteiger partial charge in [-0.25, -0.2) is 5.43 Å². The van der Waals surface area contributed by atoms with Gasteiger partial charge >= 0.3 is 5.97 Å². The fourth-order valence-corrected chi connectivity index (χ4v) is 1.92. The number of carboxylic acid groups (broad SMARTS) is 1. The van der Waals surface area contributed by atoms with Crippen molar-refractivity contribution >= 4 is 17.6 Å². The van der Waals surface area contributed by atoms with Crippen LogP contribution in [0.2, 0.25) is 0 Å². The smallest absolute Gasteiger partial charge is 0.303 e. The van der Waals surface area contributed by atoms with Crippen LogP contribution in [0.15, 0.2) is 59.7 Å². The largest absolute Gasteiger partial charge is 0.508 e. The van der Waals surface area contributed by atoms with Crippen molar-refractivity contribution in [2.75, 3.05) is 0 Å². The van der Waals surface area contributed by atoms with Crippen LogP contribution in [0.4, 0.5) is 0 Å². The topological polar surface area (TPSA) is 99.0 Å². The predicted molar refractivity (Wildman–Crippen MR) is 85.4 cm³/mol. The minimum absolute atomic E-state index is 0.0662. The molecule has 0 saturated carbocycles. The minimum atomic E-state index is -0.932. The zero-order valence-corrected chi connectivity index (χ0v) is 12.3. The number of hydrazone groups is 1. The molecule has 2 aromatic rings. The second-order valence-electron chi connectivity index (χ2n) is 4.81. The summed E-state index contributed by atoms with van der Waals surface area (Å²) in [6.45, 7) is 0. The van der Waals surface area contributed by atoms with Gasteiger partial charge in [0.1, 0.15) is 5.75 Å². The van der Waals surface area contributed by atoms with Gasteiger partial charge in [0.05, 0.1) is 12.1 Å². The van der Waals surface area contributed by atoms with Crippen LogP contribution >= 0.6 is 0 Å². The Labute approximate surface area is 133 Å². The van der Waals surface area contributed by atoms with Gasteiger partial charge < -0.3 is 10.2 Å². The maximum atomic E-state index is 12.0. The van der Waals surface area contributed by atoms with Crippen molar-refractivity contribution in [2.24, 2.45) is 5.10 Å². The van der Waals surface area contributed by atoms with E-state index in [2.05, 4.69) is 10.5 Å². The van der Waals surface area contributed by atoms with Crippen LogP contribution in [0.3, 0.4) is 0 Å². The predicted octanol–water partition coefficient (Wildman–Crippen LogP) is 2.39. The van der Waals surface area contributed by atoms with Gasteiger partial charge in [0.2, 0.25) is 0 Å². The van der Waals surface area contributed by atoms with Crippen LogP contribution in [-0.2, 0) is 4.79 Å². The highest BCUT2D eigenvalue weighted by molar-refractivity contribution is 6.03. The number of nitrogens with one attached hydrogen (secondary N) is 1. The van der Waals surface area contributed by atoms with Gasteiger partial charge in [-0.15, -0.1) is 0 Å². The van der Waals surface area contributed by atoms with Crippen molar-refractivity contribution in [2.45, 2.75) is 12.8 Å². The third-order valence-electron chi connectivity index (χ3n) is 3.10. The number of phenolic OH excluding ortho intramolecular Hbond substituents is 1. The summed E-state index contributed by atoms with van der Waals surface area (Å²) in [5, 5.41) is 22.1. The average molecular weight is 312 g/mol. The van der Waals surface area contributed by atoms with Crippen LogP contribution in [-0.4, -0.2) is 27.8 Å². The Kier molecular flexibility index (Phi) is 5.46. The van der Waals surface area contributed by atoms with Crippen LogP contribution < -0.4 is 5.43 Å². The van der Waals surface area contributed by atoms with Crippen LogP contribution in [0.25, 0.3) is 0 Å². The number of carboxylic acids is 1. The molecule has 2 rings (SSSR count). The molecule has 0 bridgehead atoms. The SMILES string of the molecule is O=C(O)CC/C(=N/NC(=O)c1ccc(O)cc1)c1ccccc1. The van der Waals surface area contributed by atoms with E-state index in [4.69, 9.17) is 5.11 Å². The van der Waals surface area contributed by atoms with E-state index >= 15 is 0 Å². The Hall–Kier alpha value is -3.15. The Bertz CT molecular complexity index is 709. The van der Waals surface area contributed by atoms with Crippen LogP contribution in [0.5, 0.6) is 5.75 Å². The average Bonchev–Trinajstić information content (AvgIpc) is 2.56. The van der Waals surface area contributed by atoms with E-state index in [0.29, 0.717) is 11.3 Å². The van der Waals surface area contributed by atoms with E-state index in [-0.39, 0.29) is 18.6 Å². The summed E-state index contributed by atoms with van der Waals surface area (Å²) in [7, 11) is 0. The minimum Gasteiger partial charge on any atom is -0.508 e. The third kappa shape index (κ3) is 4.96. The van der Waals surface area contributed by atoms with E-state index in [1.807, 2.05) is 18.2 Å². The molecule has 2 aromatic carbocycles. The van der Waals surface area contributed by atoms with E-state index in [1.165, 1.54) is 24.3 Å². The van der Waals surface area contributed by atoms with Crippen molar-refractivity contribution in [3.63, 3.8) is 0 Å². The lowest BCUT2D eigenvalue weighted by molar-refractivity contribution is -0.136. The lowest BCUT2D eigenvalue weighted by Gasteiger charge is -2.06. The standard InChI is InChI=1S/C17H16N2O4/c20-14-8-6-13(7-9-14)17(23)19-18-15(10-11-16(21)22)12-4-2-1-3-5-12/h1-9,20H,10-11H2,(H,19,23)(H,21,22)/b18-15-. The monoisotopic (exact) mass is 312 g/mol. The molecular weight excluding hydrogens is 296 g/mol. The summed E-state index contributed by atoms with van der Waals surface area (Å²) in [5.74, 6) is -1.30. The van der Waals surface area contributed by atoms with E-state index < -0.39 is 11.9 Å². The fraction of sp³-hybridized carbons (Fsp3) is 0.118. The molecule has 0 aliphatic rings. The number of carbonyl (C=O) groups excluding carboxylic acids is 1. The molecule has 0 heterocycles. The van der Waals surface area contributed by atoms with Gasteiger partial charge in [0, 0.05) is 12.0 Å². The van der Waals surface area contributed by atoms with Crippen molar-refractivity contribution in [1.82, 2.24) is 5.43 Å². The molecular formula is C17H16N2O4. The van der Waals surface area contributed by atoms with E-state index in [9.17, 15) is 14.7 Å². The number of phenols is 1. The fourth-order valence-electron chi connectivity index (χ4n) is 1.92. The number of aliphatic carboxylic acids is 1. The number of aromatic hydroxyl groups is 1. The molecule has 0 aliphatic heterocycles. The number of benzene rings is 2. The Balaban J connectivity index is 2.14. The normalized spacial score (nSPS) is 11.0. The lowest BCUT2D eigenvalue weighted by atomic mass is 10.1. The molecule has 23 heavy (non-hydrogen) atoms. The Morgan fingerprint density at radius 1 is 0.913 bits per heavy atom. The van der Waals surface area contributed by atoms with Gasteiger partial charge in [-0.2, -0.15) is 5.10 Å². The second kappa shape index (κ2) is 7.74. The van der Waals surface area contributed by atoms with Gasteiger partial charge in [-0.3, -0.25) is 9.59 Å². The number of amides is 1. The van der Waals surface area contributed by atoms with Crippen LogP contribution in [0, 0.1) is 0 Å². The molecule has 0 aromatic heterocycles. The van der Waals surface area contributed by atoms with Gasteiger partial charge in [-0.1, -0.05) is 30.3 Å². The van der Waals surface area contributed by atoms with Crippen molar-refractivity contribution in [1.29, 1.82) is 0 Å². The molecule has 118 valence electrons. The summed E-state index contributed by atoms with van der Waals surface area (Å²) >= 11 is 0. The van der Waals surface area contributed by atoms with Crippen molar-refractivity contribution in [3.05, 3.63) is 65.7 Å². The van der Waals surface area contributed by atoms with E-state index in [0.717, 1.165) is 5.56 Å². The highest BCUT2D eigenvalue weighted by atomic mass is 16.4. The second-order valence-corrected chi connectivity index (χ2v) is 4.81. The number of hydrogen-bond acceptors (Lipinski definition) is 4. The number of nitrogens with zero attached hydrogens (tertiary/aromatic N) is 1. The first-order valence-electron chi connectivity index (χ1n) is 6.99. The van der Waals surface area contributed by atoms with E-state index in [1.54, 1.807) is 12.1 Å². The molecule has 6 heteroatoms. The quantitative estimate of drug-likeness (QED) is 0.563. The number of hydrogen-bond donors (Lipinski definition) is 3. The van der Waals surface area contributed by atoms with Gasteiger partial charge in [-0.05, 0) is 29.8 Å². The molecule has 0 fully saturated rings. The molecule has 0 atom stereocenters. The Morgan fingerprint density at radius 3 is 2.17 bits per heavy atom. The summed E-state index contributed by atoms with van der Waals surface area (Å²) in [6, 6.07) is 14.8.